The van der Waals surface area contributed by atoms with E-state index in [1.807, 2.05) is 6.20 Å². The van der Waals surface area contributed by atoms with Gasteiger partial charge in [-0.15, -0.1) is 0 Å². The molecule has 0 amide bonds. The summed E-state index contributed by atoms with van der Waals surface area (Å²) in [4.78, 5) is 3.49. The van der Waals surface area contributed by atoms with Gasteiger partial charge >= 0.3 is 0 Å². The average Bonchev–Trinajstić information content (AvgIpc) is 3.38. The van der Waals surface area contributed by atoms with E-state index in [-0.39, 0.29) is 0 Å². The highest BCUT2D eigenvalue weighted by atomic mass is 14.7. The minimum absolute atomic E-state index is 1.17. The summed E-state index contributed by atoms with van der Waals surface area (Å²) < 4.78 is 0. The van der Waals surface area contributed by atoms with E-state index in [0.717, 1.165) is 0 Å². The number of benzene rings is 5. The van der Waals surface area contributed by atoms with E-state index in [4.69, 9.17) is 0 Å². The molecule has 0 radical (unpaired) electrons. The van der Waals surface area contributed by atoms with E-state index in [1.165, 1.54) is 55.4 Å². The maximum absolute atomic E-state index is 3.49. The summed E-state index contributed by atoms with van der Waals surface area (Å²) >= 11 is 0. The van der Waals surface area contributed by atoms with E-state index < -0.39 is 0 Å². The fourth-order valence-electron chi connectivity index (χ4n) is 4.65. The molecule has 1 heteroatoms. The van der Waals surface area contributed by atoms with Crippen molar-refractivity contribution in [3.05, 3.63) is 134 Å². The highest BCUT2D eigenvalue weighted by Crippen LogP contribution is 2.40. The molecule has 0 aliphatic heterocycles. The second-order valence-electron chi connectivity index (χ2n) is 8.33. The van der Waals surface area contributed by atoms with E-state index >= 15 is 0 Å². The van der Waals surface area contributed by atoms with Crippen LogP contribution in [0.3, 0.4) is 0 Å². The number of fused-ring (bicyclic) bond motifs is 1. The summed E-state index contributed by atoms with van der Waals surface area (Å²) in [6.07, 6.45) is 2.02. The molecule has 1 heterocycles. The fraction of sp³-hybridized carbons (Fsp3) is 0. The first-order chi connectivity index (χ1) is 16.4. The zero-order valence-electron chi connectivity index (χ0n) is 18.2. The Kier molecular flexibility index (Phi) is 4.86. The summed E-state index contributed by atoms with van der Waals surface area (Å²) in [6.45, 7) is 0. The van der Waals surface area contributed by atoms with E-state index in [9.17, 15) is 0 Å². The standard InChI is InChI=1S/C32H23N/c1-4-10-23(11-5-1)27-20-28(24-12-6-2-7-13-24)22-29(21-27)30-17-16-26-18-19-33-32(26)31(30)25-14-8-3-9-15-25/h1-22,33H. The van der Waals surface area contributed by atoms with Gasteiger partial charge in [-0.25, -0.2) is 0 Å². The van der Waals surface area contributed by atoms with Crippen LogP contribution in [-0.2, 0) is 0 Å². The smallest absolute Gasteiger partial charge is 0.0539 e. The molecule has 1 N–H and O–H groups in total. The molecule has 1 aromatic heterocycles. The average molecular weight is 422 g/mol. The zero-order chi connectivity index (χ0) is 22.0. The Hall–Kier alpha value is -4.36. The van der Waals surface area contributed by atoms with Crippen LogP contribution in [0.1, 0.15) is 0 Å². The number of H-pyrrole nitrogens is 1. The number of hydrogen-bond acceptors (Lipinski definition) is 0. The lowest BCUT2D eigenvalue weighted by Gasteiger charge is -2.15. The Morgan fingerprint density at radius 3 is 1.48 bits per heavy atom. The first-order valence-electron chi connectivity index (χ1n) is 11.3. The monoisotopic (exact) mass is 421 g/mol. The van der Waals surface area contributed by atoms with Gasteiger partial charge in [0.05, 0.1) is 5.52 Å². The normalized spacial score (nSPS) is 11.0. The molecule has 156 valence electrons. The third kappa shape index (κ3) is 3.64. The van der Waals surface area contributed by atoms with Crippen LogP contribution in [0.25, 0.3) is 55.4 Å². The van der Waals surface area contributed by atoms with Crippen molar-refractivity contribution < 1.29 is 0 Å². The van der Waals surface area contributed by atoms with Crippen molar-refractivity contribution in [3.8, 4) is 44.5 Å². The second-order valence-corrected chi connectivity index (χ2v) is 8.33. The van der Waals surface area contributed by atoms with Crippen LogP contribution in [0, 0.1) is 0 Å². The lowest BCUT2D eigenvalue weighted by molar-refractivity contribution is 1.47. The van der Waals surface area contributed by atoms with Gasteiger partial charge in [-0.05, 0) is 63.2 Å². The molecular formula is C32H23N. The van der Waals surface area contributed by atoms with Crippen molar-refractivity contribution in [2.75, 3.05) is 0 Å². The summed E-state index contributed by atoms with van der Waals surface area (Å²) in [6, 6.07) is 45.5. The molecule has 0 bridgehead atoms. The minimum Gasteiger partial charge on any atom is -0.361 e. The van der Waals surface area contributed by atoms with Crippen LogP contribution < -0.4 is 0 Å². The number of rotatable bonds is 4. The molecule has 0 saturated carbocycles. The molecule has 0 unspecified atom stereocenters. The molecule has 0 fully saturated rings. The largest absolute Gasteiger partial charge is 0.361 e. The third-order valence-electron chi connectivity index (χ3n) is 6.25. The number of nitrogens with one attached hydrogen (secondary N) is 1. The van der Waals surface area contributed by atoms with Gasteiger partial charge in [0.1, 0.15) is 0 Å². The van der Waals surface area contributed by atoms with Crippen molar-refractivity contribution in [2.45, 2.75) is 0 Å². The van der Waals surface area contributed by atoms with Gasteiger partial charge in [0.25, 0.3) is 0 Å². The Labute approximate surface area is 194 Å². The molecule has 0 atom stereocenters. The molecular weight excluding hydrogens is 398 g/mol. The highest BCUT2D eigenvalue weighted by molar-refractivity contribution is 6.03. The predicted molar refractivity (Wildman–Crippen MR) is 140 cm³/mol. The minimum atomic E-state index is 1.17. The second kappa shape index (κ2) is 8.29. The van der Waals surface area contributed by atoms with Gasteiger partial charge in [-0.1, -0.05) is 103 Å². The van der Waals surface area contributed by atoms with E-state index in [0.29, 0.717) is 0 Å². The maximum atomic E-state index is 3.49. The number of aromatic amines is 1. The highest BCUT2D eigenvalue weighted by Gasteiger charge is 2.15. The number of hydrogen-bond donors (Lipinski definition) is 1. The first kappa shape index (κ1) is 19.3. The van der Waals surface area contributed by atoms with Crippen molar-refractivity contribution in [1.82, 2.24) is 4.98 Å². The van der Waals surface area contributed by atoms with Gasteiger partial charge in [0.2, 0.25) is 0 Å². The lowest BCUT2D eigenvalue weighted by atomic mass is 9.89. The van der Waals surface area contributed by atoms with Crippen molar-refractivity contribution in [3.63, 3.8) is 0 Å². The summed E-state index contributed by atoms with van der Waals surface area (Å²) in [7, 11) is 0. The summed E-state index contributed by atoms with van der Waals surface area (Å²) in [5.41, 5.74) is 10.9. The van der Waals surface area contributed by atoms with Crippen LogP contribution >= 0.6 is 0 Å². The van der Waals surface area contributed by atoms with E-state index in [2.05, 4.69) is 132 Å². The molecule has 33 heavy (non-hydrogen) atoms. The van der Waals surface area contributed by atoms with Gasteiger partial charge in [-0.2, -0.15) is 0 Å². The maximum Gasteiger partial charge on any atom is 0.0539 e. The van der Waals surface area contributed by atoms with Crippen LogP contribution in [0.5, 0.6) is 0 Å². The summed E-state index contributed by atoms with van der Waals surface area (Å²) in [5.74, 6) is 0. The molecule has 6 aromatic rings. The first-order valence-corrected chi connectivity index (χ1v) is 11.3. The van der Waals surface area contributed by atoms with Gasteiger partial charge in [0.15, 0.2) is 0 Å². The van der Waals surface area contributed by atoms with Crippen molar-refractivity contribution >= 4 is 10.9 Å². The Morgan fingerprint density at radius 1 is 0.394 bits per heavy atom. The van der Waals surface area contributed by atoms with Crippen LogP contribution in [0.15, 0.2) is 134 Å². The molecule has 0 aliphatic carbocycles. The molecule has 1 nitrogen and oxygen atoms in total. The third-order valence-corrected chi connectivity index (χ3v) is 6.25. The Morgan fingerprint density at radius 2 is 0.909 bits per heavy atom. The molecule has 0 saturated heterocycles. The van der Waals surface area contributed by atoms with Crippen LogP contribution in [-0.4, -0.2) is 4.98 Å². The number of aromatic nitrogens is 1. The quantitative estimate of drug-likeness (QED) is 0.293. The van der Waals surface area contributed by atoms with Gasteiger partial charge in [-0.3, -0.25) is 0 Å². The zero-order valence-corrected chi connectivity index (χ0v) is 18.2. The fourth-order valence-corrected chi connectivity index (χ4v) is 4.65. The molecule has 6 rings (SSSR count). The van der Waals surface area contributed by atoms with Crippen LogP contribution in [0.4, 0.5) is 0 Å². The Bertz CT molecular complexity index is 1470. The van der Waals surface area contributed by atoms with Gasteiger partial charge < -0.3 is 4.98 Å². The van der Waals surface area contributed by atoms with Crippen molar-refractivity contribution in [2.24, 2.45) is 0 Å². The molecule has 5 aromatic carbocycles. The lowest BCUT2D eigenvalue weighted by Crippen LogP contribution is -1.90. The van der Waals surface area contributed by atoms with Crippen LogP contribution in [0.2, 0.25) is 0 Å². The Balaban J connectivity index is 1.64. The SMILES string of the molecule is c1ccc(-c2cc(-c3ccccc3)cc(-c3ccc4cc[nH]c4c3-c3ccccc3)c2)cc1. The topological polar surface area (TPSA) is 15.8 Å². The van der Waals surface area contributed by atoms with Gasteiger partial charge in [0, 0.05) is 17.1 Å². The molecule has 0 aliphatic rings. The predicted octanol–water partition coefficient (Wildman–Crippen LogP) is 8.84. The summed E-state index contributed by atoms with van der Waals surface area (Å²) in [5, 5.41) is 1.22. The van der Waals surface area contributed by atoms with Crippen molar-refractivity contribution in [1.29, 1.82) is 0 Å². The van der Waals surface area contributed by atoms with E-state index in [1.54, 1.807) is 0 Å². The molecule has 0 spiro atoms.